The molecule has 1 heterocycles. The molecule has 0 aromatic heterocycles. The maximum absolute atomic E-state index is 12.4. The van der Waals surface area contributed by atoms with Gasteiger partial charge in [0.15, 0.2) is 0 Å². The summed E-state index contributed by atoms with van der Waals surface area (Å²) in [6.45, 7) is 4.89. The smallest absolute Gasteiger partial charge is 0.254 e. The number of rotatable bonds is 2. The summed E-state index contributed by atoms with van der Waals surface area (Å²) in [5.41, 5.74) is 3.07. The minimum absolute atomic E-state index is 0.00661. The SMILES string of the molecule is Cc1ccc(C(=O)N2CCCCC2CO)cc1C. The first-order chi connectivity index (χ1) is 8.63. The Morgan fingerprint density at radius 3 is 2.78 bits per heavy atom. The summed E-state index contributed by atoms with van der Waals surface area (Å²) in [4.78, 5) is 14.3. The highest BCUT2D eigenvalue weighted by molar-refractivity contribution is 5.94. The Labute approximate surface area is 108 Å². The van der Waals surface area contributed by atoms with Gasteiger partial charge >= 0.3 is 0 Å². The van der Waals surface area contributed by atoms with Crippen molar-refractivity contribution in [3.05, 3.63) is 34.9 Å². The van der Waals surface area contributed by atoms with Crippen LogP contribution in [0.1, 0.15) is 40.7 Å². The summed E-state index contributed by atoms with van der Waals surface area (Å²) in [6, 6.07) is 5.81. The van der Waals surface area contributed by atoms with Gasteiger partial charge in [0, 0.05) is 12.1 Å². The van der Waals surface area contributed by atoms with Gasteiger partial charge in [0.25, 0.3) is 5.91 Å². The molecule has 0 aliphatic carbocycles. The number of likely N-dealkylation sites (tertiary alicyclic amines) is 1. The van der Waals surface area contributed by atoms with Crippen LogP contribution in [0.15, 0.2) is 18.2 Å². The van der Waals surface area contributed by atoms with Crippen LogP contribution in [-0.2, 0) is 0 Å². The zero-order valence-electron chi connectivity index (χ0n) is 11.1. The molecule has 1 unspecified atom stereocenters. The van der Waals surface area contributed by atoms with Gasteiger partial charge in [0.05, 0.1) is 12.6 Å². The zero-order valence-corrected chi connectivity index (χ0v) is 11.1. The van der Waals surface area contributed by atoms with Gasteiger partial charge in [-0.05, 0) is 56.4 Å². The molecule has 3 heteroatoms. The molecule has 0 radical (unpaired) electrons. The monoisotopic (exact) mass is 247 g/mol. The third-order valence-corrected chi connectivity index (χ3v) is 3.85. The standard InChI is InChI=1S/C15H21NO2/c1-11-6-7-13(9-12(11)2)15(18)16-8-4-3-5-14(16)10-17/h6-7,9,14,17H,3-5,8,10H2,1-2H3. The first kappa shape index (κ1) is 13.1. The quantitative estimate of drug-likeness (QED) is 0.871. The van der Waals surface area contributed by atoms with E-state index in [-0.39, 0.29) is 18.6 Å². The summed E-state index contributed by atoms with van der Waals surface area (Å²) in [5.74, 6) is 0.0526. The van der Waals surface area contributed by atoms with Crippen LogP contribution in [0.3, 0.4) is 0 Å². The maximum Gasteiger partial charge on any atom is 0.254 e. The molecule has 1 N–H and O–H groups in total. The van der Waals surface area contributed by atoms with Gasteiger partial charge in [-0.25, -0.2) is 0 Å². The number of carbonyl (C=O) groups is 1. The number of amides is 1. The Morgan fingerprint density at radius 1 is 1.33 bits per heavy atom. The van der Waals surface area contributed by atoms with Crippen molar-refractivity contribution in [2.75, 3.05) is 13.2 Å². The van der Waals surface area contributed by atoms with Crippen LogP contribution in [0.2, 0.25) is 0 Å². The van der Waals surface area contributed by atoms with E-state index in [1.165, 1.54) is 5.56 Å². The number of aliphatic hydroxyl groups is 1. The van der Waals surface area contributed by atoms with Crippen LogP contribution in [0.25, 0.3) is 0 Å². The molecule has 0 bridgehead atoms. The molecule has 98 valence electrons. The lowest BCUT2D eigenvalue weighted by Crippen LogP contribution is -2.45. The molecular weight excluding hydrogens is 226 g/mol. The second-order valence-electron chi connectivity index (χ2n) is 5.13. The van der Waals surface area contributed by atoms with Crippen LogP contribution in [0, 0.1) is 13.8 Å². The lowest BCUT2D eigenvalue weighted by atomic mass is 10.00. The number of benzene rings is 1. The van der Waals surface area contributed by atoms with E-state index in [4.69, 9.17) is 0 Å². The summed E-state index contributed by atoms with van der Waals surface area (Å²) in [7, 11) is 0. The molecule has 1 aliphatic rings. The predicted octanol–water partition coefficient (Wildman–Crippen LogP) is 2.29. The summed E-state index contributed by atoms with van der Waals surface area (Å²) < 4.78 is 0. The van der Waals surface area contributed by atoms with E-state index >= 15 is 0 Å². The average Bonchev–Trinajstić information content (AvgIpc) is 2.41. The van der Waals surface area contributed by atoms with Crippen molar-refractivity contribution in [3.63, 3.8) is 0 Å². The average molecular weight is 247 g/mol. The Bertz CT molecular complexity index is 442. The number of nitrogens with zero attached hydrogens (tertiary/aromatic N) is 1. The molecule has 18 heavy (non-hydrogen) atoms. The molecular formula is C15H21NO2. The van der Waals surface area contributed by atoms with E-state index in [9.17, 15) is 9.90 Å². The van der Waals surface area contributed by atoms with Gasteiger partial charge in [0.2, 0.25) is 0 Å². The maximum atomic E-state index is 12.4. The van der Waals surface area contributed by atoms with E-state index in [0.29, 0.717) is 0 Å². The van der Waals surface area contributed by atoms with Crippen molar-refractivity contribution < 1.29 is 9.90 Å². The number of carbonyl (C=O) groups excluding carboxylic acids is 1. The molecule has 1 aromatic carbocycles. The van der Waals surface area contributed by atoms with Crippen molar-refractivity contribution in [1.29, 1.82) is 0 Å². The second kappa shape index (κ2) is 5.53. The normalized spacial score (nSPS) is 19.9. The Hall–Kier alpha value is -1.35. The first-order valence-electron chi connectivity index (χ1n) is 6.62. The zero-order chi connectivity index (χ0) is 13.1. The molecule has 1 aliphatic heterocycles. The summed E-state index contributed by atoms with van der Waals surface area (Å²) >= 11 is 0. The van der Waals surface area contributed by atoms with E-state index in [2.05, 4.69) is 0 Å². The lowest BCUT2D eigenvalue weighted by molar-refractivity contribution is 0.0503. The number of hydrogen-bond acceptors (Lipinski definition) is 2. The van der Waals surface area contributed by atoms with Crippen LogP contribution in [-0.4, -0.2) is 35.1 Å². The third kappa shape index (κ3) is 2.56. The highest BCUT2D eigenvalue weighted by atomic mass is 16.3. The van der Waals surface area contributed by atoms with E-state index in [0.717, 1.165) is 36.9 Å². The molecule has 1 atom stereocenters. The summed E-state index contributed by atoms with van der Waals surface area (Å²) in [6.07, 6.45) is 3.04. The number of piperidine rings is 1. The van der Waals surface area contributed by atoms with Gasteiger partial charge in [0.1, 0.15) is 0 Å². The fraction of sp³-hybridized carbons (Fsp3) is 0.533. The van der Waals surface area contributed by atoms with E-state index < -0.39 is 0 Å². The lowest BCUT2D eigenvalue weighted by Gasteiger charge is -2.34. The van der Waals surface area contributed by atoms with Gasteiger partial charge in [-0.2, -0.15) is 0 Å². The van der Waals surface area contributed by atoms with Gasteiger partial charge in [-0.15, -0.1) is 0 Å². The van der Waals surface area contributed by atoms with Crippen LogP contribution in [0.5, 0.6) is 0 Å². The first-order valence-corrected chi connectivity index (χ1v) is 6.62. The Kier molecular flexibility index (Phi) is 4.02. The number of aryl methyl sites for hydroxylation is 2. The van der Waals surface area contributed by atoms with Gasteiger partial charge < -0.3 is 10.0 Å². The van der Waals surface area contributed by atoms with Crippen molar-refractivity contribution in [1.82, 2.24) is 4.90 Å². The minimum Gasteiger partial charge on any atom is -0.394 e. The number of aliphatic hydroxyl groups excluding tert-OH is 1. The van der Waals surface area contributed by atoms with Crippen molar-refractivity contribution in [3.8, 4) is 0 Å². The third-order valence-electron chi connectivity index (χ3n) is 3.85. The van der Waals surface area contributed by atoms with Gasteiger partial charge in [-0.1, -0.05) is 6.07 Å². The van der Waals surface area contributed by atoms with Crippen molar-refractivity contribution >= 4 is 5.91 Å². The van der Waals surface area contributed by atoms with E-state index in [1.807, 2.05) is 36.9 Å². The highest BCUT2D eigenvalue weighted by Crippen LogP contribution is 2.20. The van der Waals surface area contributed by atoms with Crippen molar-refractivity contribution in [2.24, 2.45) is 0 Å². The number of hydrogen-bond donors (Lipinski definition) is 1. The predicted molar refractivity (Wildman–Crippen MR) is 71.7 cm³/mol. The molecule has 0 spiro atoms. The van der Waals surface area contributed by atoms with Crippen molar-refractivity contribution in [2.45, 2.75) is 39.2 Å². The topological polar surface area (TPSA) is 40.5 Å². The molecule has 1 fully saturated rings. The largest absolute Gasteiger partial charge is 0.394 e. The molecule has 1 saturated heterocycles. The fourth-order valence-electron chi connectivity index (χ4n) is 2.50. The Balaban J connectivity index is 2.21. The highest BCUT2D eigenvalue weighted by Gasteiger charge is 2.26. The fourth-order valence-corrected chi connectivity index (χ4v) is 2.50. The van der Waals surface area contributed by atoms with Crippen LogP contribution < -0.4 is 0 Å². The van der Waals surface area contributed by atoms with E-state index in [1.54, 1.807) is 0 Å². The molecule has 1 aromatic rings. The molecule has 0 saturated carbocycles. The minimum atomic E-state index is -0.00661. The molecule has 3 nitrogen and oxygen atoms in total. The second-order valence-corrected chi connectivity index (χ2v) is 5.13. The Morgan fingerprint density at radius 2 is 2.11 bits per heavy atom. The van der Waals surface area contributed by atoms with Crippen LogP contribution in [0.4, 0.5) is 0 Å². The van der Waals surface area contributed by atoms with Crippen LogP contribution >= 0.6 is 0 Å². The molecule has 2 rings (SSSR count). The van der Waals surface area contributed by atoms with Gasteiger partial charge in [-0.3, -0.25) is 4.79 Å². The molecule has 1 amide bonds. The summed E-state index contributed by atoms with van der Waals surface area (Å²) in [5, 5.41) is 9.36.